The number of benzene rings is 1. The predicted octanol–water partition coefficient (Wildman–Crippen LogP) is 2.81. The van der Waals surface area contributed by atoms with Crippen LogP contribution in [-0.2, 0) is 16.1 Å². The van der Waals surface area contributed by atoms with Gasteiger partial charge in [0.05, 0.1) is 24.9 Å². The van der Waals surface area contributed by atoms with Crippen molar-refractivity contribution in [2.75, 3.05) is 25.7 Å². The van der Waals surface area contributed by atoms with Gasteiger partial charge in [-0.2, -0.15) is 0 Å². The van der Waals surface area contributed by atoms with Crippen LogP contribution in [0.5, 0.6) is 11.5 Å². The molecular weight excluding hydrogens is 370 g/mol. The first-order valence-corrected chi connectivity index (χ1v) is 8.69. The third-order valence-corrected chi connectivity index (χ3v) is 4.19. The zero-order valence-electron chi connectivity index (χ0n) is 15.5. The standard InChI is InChI=1S/C19H22ClN3O4/c1-13(24)23(16-10-17(26-2)15(20)9-18(16)27-3)8-6-19(25)22-12-14-5-4-7-21-11-14/h4-5,7,9-11H,6,8,12H2,1-3H3,(H,22,25). The summed E-state index contributed by atoms with van der Waals surface area (Å²) < 4.78 is 10.5. The third-order valence-electron chi connectivity index (χ3n) is 3.90. The van der Waals surface area contributed by atoms with Gasteiger partial charge in [0.2, 0.25) is 11.8 Å². The van der Waals surface area contributed by atoms with E-state index < -0.39 is 0 Å². The topological polar surface area (TPSA) is 80.8 Å². The number of amides is 2. The maximum atomic E-state index is 12.2. The van der Waals surface area contributed by atoms with E-state index in [1.165, 1.54) is 26.0 Å². The highest BCUT2D eigenvalue weighted by molar-refractivity contribution is 6.32. The van der Waals surface area contributed by atoms with Gasteiger partial charge in [-0.3, -0.25) is 14.6 Å². The third kappa shape index (κ3) is 5.59. The number of carbonyl (C=O) groups excluding carboxylic acids is 2. The highest BCUT2D eigenvalue weighted by atomic mass is 35.5. The van der Waals surface area contributed by atoms with E-state index in [0.717, 1.165) is 5.56 Å². The zero-order chi connectivity index (χ0) is 19.8. The minimum atomic E-state index is -0.224. The molecule has 0 unspecified atom stereocenters. The number of aromatic nitrogens is 1. The van der Waals surface area contributed by atoms with Crippen molar-refractivity contribution in [2.45, 2.75) is 19.9 Å². The Morgan fingerprint density at radius 2 is 1.96 bits per heavy atom. The minimum absolute atomic E-state index is 0.133. The Bertz CT molecular complexity index is 799. The van der Waals surface area contributed by atoms with Gasteiger partial charge in [-0.05, 0) is 11.6 Å². The van der Waals surface area contributed by atoms with Gasteiger partial charge in [0.1, 0.15) is 11.5 Å². The second-order valence-corrected chi connectivity index (χ2v) is 6.12. The van der Waals surface area contributed by atoms with Crippen LogP contribution in [0.1, 0.15) is 18.9 Å². The van der Waals surface area contributed by atoms with Crippen molar-refractivity contribution < 1.29 is 19.1 Å². The average Bonchev–Trinajstić information content (AvgIpc) is 2.67. The Labute approximate surface area is 163 Å². The number of halogens is 1. The highest BCUT2D eigenvalue weighted by Gasteiger charge is 2.20. The van der Waals surface area contributed by atoms with Crippen LogP contribution in [0, 0.1) is 0 Å². The highest BCUT2D eigenvalue weighted by Crippen LogP contribution is 2.38. The molecule has 2 aromatic rings. The first kappa shape index (κ1) is 20.5. The molecule has 0 saturated carbocycles. The van der Waals surface area contributed by atoms with Crippen molar-refractivity contribution >= 4 is 29.1 Å². The predicted molar refractivity (Wildman–Crippen MR) is 103 cm³/mol. The van der Waals surface area contributed by atoms with Gasteiger partial charge >= 0.3 is 0 Å². The van der Waals surface area contributed by atoms with Crippen LogP contribution in [-0.4, -0.2) is 37.6 Å². The molecule has 0 aliphatic heterocycles. The molecule has 1 heterocycles. The van der Waals surface area contributed by atoms with E-state index >= 15 is 0 Å². The maximum Gasteiger partial charge on any atom is 0.223 e. The Kier molecular flexibility index (Phi) is 7.43. The number of rotatable bonds is 8. The van der Waals surface area contributed by atoms with Crippen molar-refractivity contribution in [3.05, 3.63) is 47.2 Å². The van der Waals surface area contributed by atoms with Crippen molar-refractivity contribution in [1.82, 2.24) is 10.3 Å². The molecule has 0 radical (unpaired) electrons. The van der Waals surface area contributed by atoms with E-state index in [1.54, 1.807) is 30.6 Å². The first-order valence-electron chi connectivity index (χ1n) is 8.31. The second kappa shape index (κ2) is 9.78. The van der Waals surface area contributed by atoms with Gasteiger partial charge in [0, 0.05) is 51.0 Å². The molecule has 0 spiro atoms. The lowest BCUT2D eigenvalue weighted by atomic mass is 10.2. The normalized spacial score (nSPS) is 10.2. The Morgan fingerprint density at radius 1 is 1.22 bits per heavy atom. The molecule has 2 amide bonds. The molecule has 0 aliphatic rings. The fraction of sp³-hybridized carbons (Fsp3) is 0.316. The van der Waals surface area contributed by atoms with E-state index in [2.05, 4.69) is 10.3 Å². The van der Waals surface area contributed by atoms with E-state index in [0.29, 0.717) is 28.8 Å². The molecule has 0 saturated heterocycles. The van der Waals surface area contributed by atoms with Crippen LogP contribution in [0.2, 0.25) is 5.02 Å². The lowest BCUT2D eigenvalue weighted by Gasteiger charge is -2.24. The quantitative estimate of drug-likeness (QED) is 0.748. The molecule has 0 atom stereocenters. The van der Waals surface area contributed by atoms with E-state index in [4.69, 9.17) is 21.1 Å². The largest absolute Gasteiger partial charge is 0.495 e. The van der Waals surface area contributed by atoms with Crippen LogP contribution in [0.15, 0.2) is 36.7 Å². The van der Waals surface area contributed by atoms with Gasteiger partial charge in [0.25, 0.3) is 0 Å². The van der Waals surface area contributed by atoms with E-state index in [1.807, 2.05) is 6.07 Å². The van der Waals surface area contributed by atoms with Gasteiger partial charge < -0.3 is 19.7 Å². The monoisotopic (exact) mass is 391 g/mol. The van der Waals surface area contributed by atoms with Crippen molar-refractivity contribution in [1.29, 1.82) is 0 Å². The van der Waals surface area contributed by atoms with Gasteiger partial charge in [-0.1, -0.05) is 17.7 Å². The summed E-state index contributed by atoms with van der Waals surface area (Å²) in [7, 11) is 2.97. The van der Waals surface area contributed by atoms with Crippen LogP contribution in [0.4, 0.5) is 5.69 Å². The lowest BCUT2D eigenvalue weighted by molar-refractivity contribution is -0.121. The van der Waals surface area contributed by atoms with Gasteiger partial charge in [-0.25, -0.2) is 0 Å². The fourth-order valence-corrected chi connectivity index (χ4v) is 2.74. The summed E-state index contributed by atoms with van der Waals surface area (Å²) >= 11 is 6.11. The van der Waals surface area contributed by atoms with E-state index in [9.17, 15) is 9.59 Å². The summed E-state index contributed by atoms with van der Waals surface area (Å²) in [6.45, 7) is 1.99. The lowest BCUT2D eigenvalue weighted by Crippen LogP contribution is -2.34. The molecule has 1 aromatic heterocycles. The Hall–Kier alpha value is -2.80. The summed E-state index contributed by atoms with van der Waals surface area (Å²) in [6, 6.07) is 6.88. The summed E-state index contributed by atoms with van der Waals surface area (Å²) in [6.07, 6.45) is 3.49. The molecule has 7 nitrogen and oxygen atoms in total. The molecule has 0 fully saturated rings. The molecule has 1 N–H and O–H groups in total. The smallest absolute Gasteiger partial charge is 0.223 e. The first-order chi connectivity index (χ1) is 13.0. The van der Waals surface area contributed by atoms with Crippen molar-refractivity contribution in [3.63, 3.8) is 0 Å². The average molecular weight is 392 g/mol. The number of nitrogens with zero attached hydrogens (tertiary/aromatic N) is 2. The number of ether oxygens (including phenoxy) is 2. The van der Waals surface area contributed by atoms with Crippen LogP contribution in [0.25, 0.3) is 0 Å². The van der Waals surface area contributed by atoms with Crippen LogP contribution in [0.3, 0.4) is 0 Å². The molecule has 8 heteroatoms. The number of methoxy groups -OCH3 is 2. The number of hydrogen-bond donors (Lipinski definition) is 1. The summed E-state index contributed by atoms with van der Waals surface area (Å²) in [5.74, 6) is 0.439. The SMILES string of the molecule is COc1cc(N(CCC(=O)NCc2cccnc2)C(C)=O)c(OC)cc1Cl. The number of anilines is 1. The molecule has 0 bridgehead atoms. The van der Waals surface area contributed by atoms with E-state index in [-0.39, 0.29) is 24.8 Å². The molecular formula is C19H22ClN3O4. The number of carbonyl (C=O) groups is 2. The summed E-state index contributed by atoms with van der Waals surface area (Å²) in [5.41, 5.74) is 1.39. The summed E-state index contributed by atoms with van der Waals surface area (Å²) in [4.78, 5) is 29.8. The van der Waals surface area contributed by atoms with Crippen LogP contribution < -0.4 is 19.7 Å². The molecule has 144 valence electrons. The minimum Gasteiger partial charge on any atom is -0.495 e. The number of nitrogens with one attached hydrogen (secondary N) is 1. The van der Waals surface area contributed by atoms with Crippen molar-refractivity contribution in [2.24, 2.45) is 0 Å². The number of hydrogen-bond acceptors (Lipinski definition) is 5. The molecule has 2 rings (SSSR count). The Morgan fingerprint density at radius 3 is 2.56 bits per heavy atom. The van der Waals surface area contributed by atoms with Crippen LogP contribution >= 0.6 is 11.6 Å². The zero-order valence-corrected chi connectivity index (χ0v) is 16.2. The van der Waals surface area contributed by atoms with Gasteiger partial charge in [0.15, 0.2) is 0 Å². The molecule has 0 aliphatic carbocycles. The Balaban J connectivity index is 2.07. The molecule has 1 aromatic carbocycles. The van der Waals surface area contributed by atoms with Crippen molar-refractivity contribution in [3.8, 4) is 11.5 Å². The fourth-order valence-electron chi connectivity index (χ4n) is 2.51. The second-order valence-electron chi connectivity index (χ2n) is 5.72. The summed E-state index contributed by atoms with van der Waals surface area (Å²) in [5, 5.41) is 3.18. The van der Waals surface area contributed by atoms with Gasteiger partial charge in [-0.15, -0.1) is 0 Å². The maximum absolute atomic E-state index is 12.2. The molecule has 27 heavy (non-hydrogen) atoms. The number of pyridine rings is 1.